The Kier molecular flexibility index (Phi) is 3.97. The van der Waals surface area contributed by atoms with Gasteiger partial charge in [0, 0.05) is 19.2 Å². The molecule has 4 heteroatoms. The molecular formula is C14H19F2NO. The quantitative estimate of drug-likeness (QED) is 0.872. The van der Waals surface area contributed by atoms with Crippen LogP contribution in [0.2, 0.25) is 0 Å². The molecule has 1 aliphatic carbocycles. The van der Waals surface area contributed by atoms with Crippen LogP contribution in [0, 0.1) is 11.6 Å². The lowest BCUT2D eigenvalue weighted by Gasteiger charge is -2.42. The normalized spacial score (nSPS) is 19.3. The van der Waals surface area contributed by atoms with E-state index in [9.17, 15) is 8.78 Å². The summed E-state index contributed by atoms with van der Waals surface area (Å²) in [6.45, 7) is 0. The maximum atomic E-state index is 13.2. The van der Waals surface area contributed by atoms with Crippen LogP contribution in [-0.2, 0) is 4.74 Å². The van der Waals surface area contributed by atoms with Gasteiger partial charge in [0.05, 0.1) is 5.60 Å². The van der Waals surface area contributed by atoms with E-state index in [2.05, 4.69) is 5.32 Å². The van der Waals surface area contributed by atoms with Gasteiger partial charge in [-0.2, -0.15) is 0 Å². The minimum Gasteiger partial charge on any atom is -0.378 e. The lowest BCUT2D eigenvalue weighted by molar-refractivity contribution is -0.0834. The highest BCUT2D eigenvalue weighted by atomic mass is 19.1. The van der Waals surface area contributed by atoms with Crippen LogP contribution in [0.4, 0.5) is 8.78 Å². The van der Waals surface area contributed by atoms with Gasteiger partial charge in [0.15, 0.2) is 0 Å². The second-order valence-corrected chi connectivity index (χ2v) is 4.99. The van der Waals surface area contributed by atoms with Gasteiger partial charge in [-0.1, -0.05) is 0 Å². The van der Waals surface area contributed by atoms with Crippen LogP contribution in [0.25, 0.3) is 0 Å². The van der Waals surface area contributed by atoms with Gasteiger partial charge in [-0.25, -0.2) is 8.78 Å². The van der Waals surface area contributed by atoms with Crippen LogP contribution in [0.5, 0.6) is 0 Å². The Morgan fingerprint density at radius 1 is 1.28 bits per heavy atom. The smallest absolute Gasteiger partial charge is 0.126 e. The van der Waals surface area contributed by atoms with Crippen molar-refractivity contribution in [3.05, 3.63) is 35.4 Å². The van der Waals surface area contributed by atoms with Crippen LogP contribution in [0.15, 0.2) is 18.2 Å². The third-order valence-corrected chi connectivity index (χ3v) is 3.91. The van der Waals surface area contributed by atoms with E-state index in [1.54, 1.807) is 14.2 Å². The summed E-state index contributed by atoms with van der Waals surface area (Å²) in [6, 6.07) is 3.57. The monoisotopic (exact) mass is 255 g/mol. The lowest BCUT2D eigenvalue weighted by atomic mass is 9.74. The van der Waals surface area contributed by atoms with Gasteiger partial charge < -0.3 is 10.1 Å². The fourth-order valence-electron chi connectivity index (χ4n) is 2.60. The largest absolute Gasteiger partial charge is 0.378 e. The van der Waals surface area contributed by atoms with Gasteiger partial charge in [0.2, 0.25) is 0 Å². The number of benzene rings is 1. The second kappa shape index (κ2) is 5.33. The number of ether oxygens (including phenoxy) is 1. The van der Waals surface area contributed by atoms with Gasteiger partial charge in [0.25, 0.3) is 0 Å². The maximum absolute atomic E-state index is 13.2. The molecule has 1 N–H and O–H groups in total. The Hall–Kier alpha value is -1.00. The van der Waals surface area contributed by atoms with Crippen LogP contribution >= 0.6 is 0 Å². The standard InChI is InChI=1S/C14H19F2NO/c1-17-13(9-14(18-2)4-3-5-14)10-6-11(15)8-12(16)7-10/h6-8,13,17H,3-5,9H2,1-2H3. The van der Waals surface area contributed by atoms with E-state index in [0.29, 0.717) is 5.56 Å². The SMILES string of the molecule is CNC(CC1(OC)CCC1)c1cc(F)cc(F)c1. The van der Waals surface area contributed by atoms with E-state index in [1.807, 2.05) is 0 Å². The van der Waals surface area contributed by atoms with Gasteiger partial charge in [0.1, 0.15) is 11.6 Å². The molecule has 1 atom stereocenters. The minimum atomic E-state index is -0.537. The molecule has 0 radical (unpaired) electrons. The minimum absolute atomic E-state index is 0.0875. The summed E-state index contributed by atoms with van der Waals surface area (Å²) >= 11 is 0. The zero-order valence-electron chi connectivity index (χ0n) is 10.8. The molecule has 2 rings (SSSR count). The van der Waals surface area contributed by atoms with Crippen molar-refractivity contribution in [1.29, 1.82) is 0 Å². The summed E-state index contributed by atoms with van der Waals surface area (Å²) in [6.07, 6.45) is 3.92. The van der Waals surface area contributed by atoms with Gasteiger partial charge in [-0.3, -0.25) is 0 Å². The van der Waals surface area contributed by atoms with Crippen molar-refractivity contribution < 1.29 is 13.5 Å². The molecule has 100 valence electrons. The van der Waals surface area contributed by atoms with Crippen LogP contribution < -0.4 is 5.32 Å². The van der Waals surface area contributed by atoms with Gasteiger partial charge in [-0.05, 0) is 50.4 Å². The Balaban J connectivity index is 2.17. The molecule has 1 saturated carbocycles. The molecule has 0 spiro atoms. The number of halogens is 2. The topological polar surface area (TPSA) is 21.3 Å². The lowest BCUT2D eigenvalue weighted by Crippen LogP contribution is -2.42. The molecule has 0 saturated heterocycles. The molecule has 1 aromatic rings. The van der Waals surface area contributed by atoms with Crippen molar-refractivity contribution in [2.45, 2.75) is 37.3 Å². The molecule has 1 fully saturated rings. The summed E-state index contributed by atoms with van der Waals surface area (Å²) in [5.74, 6) is -1.07. The molecule has 2 nitrogen and oxygen atoms in total. The van der Waals surface area contributed by atoms with Crippen molar-refractivity contribution in [2.24, 2.45) is 0 Å². The Morgan fingerprint density at radius 3 is 2.28 bits per heavy atom. The van der Waals surface area contributed by atoms with Crippen molar-refractivity contribution in [2.75, 3.05) is 14.2 Å². The number of rotatable bonds is 5. The molecule has 18 heavy (non-hydrogen) atoms. The Labute approximate surface area is 106 Å². The fraction of sp³-hybridized carbons (Fsp3) is 0.571. The number of methoxy groups -OCH3 is 1. The average Bonchev–Trinajstić information content (AvgIpc) is 2.27. The number of nitrogens with one attached hydrogen (secondary N) is 1. The number of hydrogen-bond donors (Lipinski definition) is 1. The molecule has 1 aliphatic rings. The molecule has 1 aromatic carbocycles. The highest BCUT2D eigenvalue weighted by Crippen LogP contribution is 2.41. The highest BCUT2D eigenvalue weighted by Gasteiger charge is 2.39. The third kappa shape index (κ3) is 2.70. The first-order valence-electron chi connectivity index (χ1n) is 6.27. The van der Waals surface area contributed by atoms with Crippen molar-refractivity contribution in [3.8, 4) is 0 Å². The summed E-state index contributed by atoms with van der Waals surface area (Å²) < 4.78 is 32.0. The molecule has 0 bridgehead atoms. The summed E-state index contributed by atoms with van der Waals surface area (Å²) in [7, 11) is 3.51. The van der Waals surface area contributed by atoms with Crippen molar-refractivity contribution in [3.63, 3.8) is 0 Å². The zero-order chi connectivity index (χ0) is 13.2. The van der Waals surface area contributed by atoms with Crippen LogP contribution in [-0.4, -0.2) is 19.8 Å². The average molecular weight is 255 g/mol. The second-order valence-electron chi connectivity index (χ2n) is 4.99. The molecule has 0 amide bonds. The van der Waals surface area contributed by atoms with Crippen LogP contribution in [0.3, 0.4) is 0 Å². The molecule has 0 aromatic heterocycles. The van der Waals surface area contributed by atoms with E-state index in [4.69, 9.17) is 4.74 Å². The summed E-state index contributed by atoms with van der Waals surface area (Å²) in [5.41, 5.74) is 0.509. The Morgan fingerprint density at radius 2 is 1.89 bits per heavy atom. The molecule has 0 aliphatic heterocycles. The number of hydrogen-bond acceptors (Lipinski definition) is 2. The zero-order valence-corrected chi connectivity index (χ0v) is 10.8. The maximum Gasteiger partial charge on any atom is 0.126 e. The van der Waals surface area contributed by atoms with E-state index >= 15 is 0 Å². The predicted molar refractivity (Wildman–Crippen MR) is 66.4 cm³/mol. The summed E-state index contributed by atoms with van der Waals surface area (Å²) in [5, 5.41) is 3.12. The molecule has 1 unspecified atom stereocenters. The van der Waals surface area contributed by atoms with Crippen molar-refractivity contribution in [1.82, 2.24) is 5.32 Å². The van der Waals surface area contributed by atoms with E-state index in [0.717, 1.165) is 31.7 Å². The van der Waals surface area contributed by atoms with E-state index in [-0.39, 0.29) is 11.6 Å². The van der Waals surface area contributed by atoms with Crippen molar-refractivity contribution >= 4 is 0 Å². The van der Waals surface area contributed by atoms with Gasteiger partial charge in [-0.15, -0.1) is 0 Å². The Bertz CT molecular complexity index is 392. The molecule has 0 heterocycles. The van der Waals surface area contributed by atoms with E-state index < -0.39 is 11.6 Å². The van der Waals surface area contributed by atoms with Gasteiger partial charge >= 0.3 is 0 Å². The first-order chi connectivity index (χ1) is 8.58. The first kappa shape index (κ1) is 13.4. The predicted octanol–water partition coefficient (Wildman–Crippen LogP) is 3.18. The molecular weight excluding hydrogens is 236 g/mol. The fourth-order valence-corrected chi connectivity index (χ4v) is 2.60. The summed E-state index contributed by atoms with van der Waals surface area (Å²) in [4.78, 5) is 0. The van der Waals surface area contributed by atoms with Crippen LogP contribution in [0.1, 0.15) is 37.3 Å². The third-order valence-electron chi connectivity index (χ3n) is 3.91. The first-order valence-corrected chi connectivity index (χ1v) is 6.27. The van der Waals surface area contributed by atoms with E-state index in [1.165, 1.54) is 12.1 Å². The highest BCUT2D eigenvalue weighted by molar-refractivity contribution is 5.22.